The summed E-state index contributed by atoms with van der Waals surface area (Å²) in [6, 6.07) is 0.518. The van der Waals surface area contributed by atoms with Crippen molar-refractivity contribution in [2.24, 2.45) is 0 Å². The molecule has 0 aliphatic heterocycles. The van der Waals surface area contributed by atoms with Crippen molar-refractivity contribution >= 4 is 5.97 Å². The lowest BCUT2D eigenvalue weighted by Crippen LogP contribution is -2.13. The number of H-pyrrole nitrogens is 1. The first-order valence-corrected chi connectivity index (χ1v) is 3.41. The Balaban J connectivity index is 3.43. The van der Waals surface area contributed by atoms with Crippen LogP contribution in [0.15, 0.2) is 10.9 Å². The van der Waals surface area contributed by atoms with Gasteiger partial charge < -0.3 is 15.2 Å². The van der Waals surface area contributed by atoms with Gasteiger partial charge >= 0.3 is 5.97 Å². The summed E-state index contributed by atoms with van der Waals surface area (Å²) in [4.78, 5) is 22.8. The molecule has 0 radical (unpaired) electrons. The molecule has 1 rings (SSSR count). The predicted molar refractivity (Wildman–Crippen MR) is 40.6 cm³/mol. The molecule has 0 aliphatic rings. The van der Waals surface area contributed by atoms with Gasteiger partial charge in [0, 0.05) is 0 Å². The Morgan fingerprint density at radius 3 is 2.50 bits per heavy atom. The second-order valence-electron chi connectivity index (χ2n) is 2.42. The summed E-state index contributed by atoms with van der Waals surface area (Å²) >= 11 is 0. The minimum Gasteiger partial charge on any atom is -0.502 e. The average Bonchev–Trinajstić information content (AvgIpc) is 2.08. The third-order valence-electron chi connectivity index (χ3n) is 1.49. The minimum atomic E-state index is -3.00. The Morgan fingerprint density at radius 2 is 2.07 bits per heavy atom. The first-order valence-electron chi connectivity index (χ1n) is 3.41. The third-order valence-corrected chi connectivity index (χ3v) is 1.49. The number of carboxylic acid groups (broad SMARTS) is 1. The summed E-state index contributed by atoms with van der Waals surface area (Å²) in [5.74, 6) is -2.72. The average molecular weight is 205 g/mol. The lowest BCUT2D eigenvalue weighted by Gasteiger charge is -2.02. The van der Waals surface area contributed by atoms with Crippen LogP contribution >= 0.6 is 0 Å². The normalized spacial score (nSPS) is 10.5. The maximum atomic E-state index is 12.1. The Kier molecular flexibility index (Phi) is 2.50. The van der Waals surface area contributed by atoms with E-state index in [1.807, 2.05) is 0 Å². The summed E-state index contributed by atoms with van der Waals surface area (Å²) < 4.78 is 24.2. The number of carboxylic acids is 1. The predicted octanol–water partition coefficient (Wildman–Crippen LogP) is 0.716. The minimum absolute atomic E-state index is 0.518. The molecule has 0 unspecified atom stereocenters. The van der Waals surface area contributed by atoms with Crippen molar-refractivity contribution in [3.8, 4) is 5.75 Å². The van der Waals surface area contributed by atoms with E-state index < -0.39 is 35.0 Å². The molecule has 76 valence electrons. The fourth-order valence-corrected chi connectivity index (χ4v) is 0.853. The second-order valence-corrected chi connectivity index (χ2v) is 2.42. The quantitative estimate of drug-likeness (QED) is 0.663. The van der Waals surface area contributed by atoms with E-state index in [0.717, 1.165) is 0 Å². The molecule has 5 nitrogen and oxygen atoms in total. The van der Waals surface area contributed by atoms with Gasteiger partial charge in [-0.1, -0.05) is 0 Å². The maximum Gasteiger partial charge on any atom is 0.339 e. The van der Waals surface area contributed by atoms with Crippen LogP contribution in [-0.2, 0) is 0 Å². The summed E-state index contributed by atoms with van der Waals surface area (Å²) in [5.41, 5.74) is -2.94. The molecule has 0 amide bonds. The highest BCUT2D eigenvalue weighted by Gasteiger charge is 2.18. The lowest BCUT2D eigenvalue weighted by atomic mass is 10.2. The number of rotatable bonds is 2. The number of carbonyl (C=O) groups is 1. The number of aromatic carboxylic acids is 1. The summed E-state index contributed by atoms with van der Waals surface area (Å²) in [7, 11) is 0. The monoisotopic (exact) mass is 205 g/mol. The fourth-order valence-electron chi connectivity index (χ4n) is 0.853. The van der Waals surface area contributed by atoms with Gasteiger partial charge in [0.1, 0.15) is 5.56 Å². The Labute approximate surface area is 75.6 Å². The van der Waals surface area contributed by atoms with Crippen molar-refractivity contribution in [1.29, 1.82) is 0 Å². The van der Waals surface area contributed by atoms with Crippen molar-refractivity contribution in [2.45, 2.75) is 6.43 Å². The first kappa shape index (κ1) is 10.2. The van der Waals surface area contributed by atoms with Gasteiger partial charge in [-0.15, -0.1) is 0 Å². The van der Waals surface area contributed by atoms with E-state index in [2.05, 4.69) is 0 Å². The van der Waals surface area contributed by atoms with Crippen LogP contribution in [0.1, 0.15) is 22.5 Å². The van der Waals surface area contributed by atoms with E-state index in [9.17, 15) is 18.4 Å². The zero-order chi connectivity index (χ0) is 10.9. The number of alkyl halides is 2. The SMILES string of the molecule is O=C(O)c1cc(C(F)F)[nH]c(=O)c1O. The van der Waals surface area contributed by atoms with Crippen molar-refractivity contribution in [2.75, 3.05) is 0 Å². The van der Waals surface area contributed by atoms with Gasteiger partial charge in [0.15, 0.2) is 5.75 Å². The van der Waals surface area contributed by atoms with Gasteiger partial charge in [-0.05, 0) is 6.07 Å². The van der Waals surface area contributed by atoms with Crippen LogP contribution in [0.5, 0.6) is 5.75 Å². The topological polar surface area (TPSA) is 90.4 Å². The summed E-state index contributed by atoms with van der Waals surface area (Å²) in [6.07, 6.45) is -3.00. The zero-order valence-electron chi connectivity index (χ0n) is 6.62. The molecule has 3 N–H and O–H groups in total. The third kappa shape index (κ3) is 1.70. The molecule has 0 bridgehead atoms. The van der Waals surface area contributed by atoms with Crippen molar-refractivity contribution in [1.82, 2.24) is 4.98 Å². The lowest BCUT2D eigenvalue weighted by molar-refractivity contribution is 0.0692. The van der Waals surface area contributed by atoms with E-state index in [-0.39, 0.29) is 0 Å². The molecule has 1 aromatic heterocycles. The number of halogens is 2. The molecule has 7 heteroatoms. The Hall–Kier alpha value is -1.92. The molecule has 1 heterocycles. The van der Waals surface area contributed by atoms with Gasteiger partial charge in [-0.3, -0.25) is 4.79 Å². The molecule has 0 spiro atoms. The smallest absolute Gasteiger partial charge is 0.339 e. The molecule has 0 saturated heterocycles. The molecule has 1 aromatic rings. The van der Waals surface area contributed by atoms with Gasteiger partial charge in [-0.25, -0.2) is 13.6 Å². The van der Waals surface area contributed by atoms with Crippen LogP contribution in [-0.4, -0.2) is 21.2 Å². The molecule has 0 saturated carbocycles. The number of hydrogen-bond donors (Lipinski definition) is 3. The Morgan fingerprint density at radius 1 is 1.50 bits per heavy atom. The van der Waals surface area contributed by atoms with Crippen LogP contribution in [0, 0.1) is 0 Å². The Bertz CT molecular complexity index is 426. The zero-order valence-corrected chi connectivity index (χ0v) is 6.62. The summed E-state index contributed by atoms with van der Waals surface area (Å²) in [5, 5.41) is 17.3. The maximum absolute atomic E-state index is 12.1. The van der Waals surface area contributed by atoms with E-state index in [1.165, 1.54) is 0 Å². The number of aromatic nitrogens is 1. The van der Waals surface area contributed by atoms with Crippen molar-refractivity contribution in [3.05, 3.63) is 27.7 Å². The molecule has 0 aliphatic carbocycles. The number of aromatic hydroxyl groups is 1. The van der Waals surface area contributed by atoms with E-state index in [0.29, 0.717) is 6.07 Å². The molecule has 0 atom stereocenters. The number of nitrogens with one attached hydrogen (secondary N) is 1. The highest BCUT2D eigenvalue weighted by Crippen LogP contribution is 2.19. The highest BCUT2D eigenvalue weighted by atomic mass is 19.3. The first-order chi connectivity index (χ1) is 6.43. The molecule has 0 aromatic carbocycles. The van der Waals surface area contributed by atoms with Crippen LogP contribution in [0.2, 0.25) is 0 Å². The van der Waals surface area contributed by atoms with Crippen molar-refractivity contribution < 1.29 is 23.8 Å². The summed E-state index contributed by atoms with van der Waals surface area (Å²) in [6.45, 7) is 0. The number of aromatic amines is 1. The van der Waals surface area contributed by atoms with Crippen molar-refractivity contribution in [3.63, 3.8) is 0 Å². The van der Waals surface area contributed by atoms with Gasteiger partial charge in [0.05, 0.1) is 5.69 Å². The van der Waals surface area contributed by atoms with Crippen LogP contribution in [0.25, 0.3) is 0 Å². The van der Waals surface area contributed by atoms with E-state index >= 15 is 0 Å². The standard InChI is InChI=1S/C7H5F2NO4/c8-5(9)3-1-2(7(13)14)4(11)6(12)10-3/h1,5,11H,(H,10,12)(H,13,14). The molecule has 14 heavy (non-hydrogen) atoms. The molecular formula is C7H5F2NO4. The number of pyridine rings is 1. The van der Waals surface area contributed by atoms with Crippen LogP contribution in [0.3, 0.4) is 0 Å². The molecular weight excluding hydrogens is 200 g/mol. The second kappa shape index (κ2) is 3.44. The van der Waals surface area contributed by atoms with E-state index in [1.54, 1.807) is 4.98 Å². The fraction of sp³-hybridized carbons (Fsp3) is 0.143. The van der Waals surface area contributed by atoms with Crippen LogP contribution in [0.4, 0.5) is 8.78 Å². The van der Waals surface area contributed by atoms with Gasteiger partial charge in [0.25, 0.3) is 12.0 Å². The number of hydrogen-bond acceptors (Lipinski definition) is 3. The highest BCUT2D eigenvalue weighted by molar-refractivity contribution is 5.90. The van der Waals surface area contributed by atoms with E-state index in [4.69, 9.17) is 10.2 Å². The van der Waals surface area contributed by atoms with Gasteiger partial charge in [0.2, 0.25) is 0 Å². The molecule has 0 fully saturated rings. The van der Waals surface area contributed by atoms with Crippen LogP contribution < -0.4 is 5.56 Å². The largest absolute Gasteiger partial charge is 0.502 e. The van der Waals surface area contributed by atoms with Gasteiger partial charge in [-0.2, -0.15) is 0 Å².